The third-order valence-electron chi connectivity index (χ3n) is 6.71. The highest BCUT2D eigenvalue weighted by Gasteiger charge is 2.34. The van der Waals surface area contributed by atoms with Crippen LogP contribution in [0.2, 0.25) is 0 Å². The van der Waals surface area contributed by atoms with Crippen molar-refractivity contribution in [1.29, 1.82) is 0 Å². The van der Waals surface area contributed by atoms with E-state index in [0.717, 1.165) is 73.7 Å². The van der Waals surface area contributed by atoms with Crippen LogP contribution in [-0.2, 0) is 11.3 Å². The molecule has 4 heterocycles. The number of H-pyrrole nitrogens is 1. The highest BCUT2D eigenvalue weighted by atomic mass is 16.5. The number of carbonyl (C=O) groups is 1. The fourth-order valence-electron chi connectivity index (χ4n) is 4.55. The lowest BCUT2D eigenvalue weighted by molar-refractivity contribution is -0.134. The number of ether oxygens (including phenoxy) is 1. The number of imidazole rings is 1. The molecule has 10 nitrogen and oxygen atoms in total. The van der Waals surface area contributed by atoms with Crippen LogP contribution < -0.4 is 10.1 Å². The van der Waals surface area contributed by atoms with Gasteiger partial charge in [0, 0.05) is 56.5 Å². The quantitative estimate of drug-likeness (QED) is 0.411. The van der Waals surface area contributed by atoms with Crippen molar-refractivity contribution in [3.63, 3.8) is 0 Å². The molecule has 36 heavy (non-hydrogen) atoms. The molecule has 1 aromatic carbocycles. The van der Waals surface area contributed by atoms with E-state index in [1.807, 2.05) is 47.5 Å². The monoisotopic (exact) mass is 484 g/mol. The van der Waals surface area contributed by atoms with Crippen LogP contribution in [0.4, 0.5) is 11.8 Å². The Kier molecular flexibility index (Phi) is 5.94. The van der Waals surface area contributed by atoms with Crippen LogP contribution >= 0.6 is 0 Å². The second-order valence-electron chi connectivity index (χ2n) is 9.33. The van der Waals surface area contributed by atoms with Crippen LogP contribution in [0.3, 0.4) is 0 Å². The van der Waals surface area contributed by atoms with Gasteiger partial charge in [-0.2, -0.15) is 0 Å². The Hall–Kier alpha value is -4.05. The summed E-state index contributed by atoms with van der Waals surface area (Å²) in [5, 5.41) is 11.6. The molecule has 1 saturated heterocycles. The average Bonchev–Trinajstić information content (AvgIpc) is 3.69. The van der Waals surface area contributed by atoms with Gasteiger partial charge < -0.3 is 19.9 Å². The van der Waals surface area contributed by atoms with Gasteiger partial charge in [0.2, 0.25) is 17.7 Å². The summed E-state index contributed by atoms with van der Waals surface area (Å²) in [5.41, 5.74) is 4.60. The molecule has 0 spiro atoms. The van der Waals surface area contributed by atoms with Gasteiger partial charge in [-0.3, -0.25) is 9.69 Å². The van der Waals surface area contributed by atoms with Crippen LogP contribution in [0.5, 0.6) is 5.88 Å². The molecule has 1 aliphatic carbocycles. The smallest absolute Gasteiger partial charge is 0.233 e. The normalized spacial score (nSPS) is 16.3. The number of fused-ring (bicyclic) bond motifs is 1. The van der Waals surface area contributed by atoms with E-state index in [2.05, 4.69) is 35.4 Å². The first-order chi connectivity index (χ1) is 17.6. The number of aromatic amines is 1. The van der Waals surface area contributed by atoms with E-state index in [1.165, 1.54) is 5.56 Å². The lowest BCUT2D eigenvalue weighted by atomic mass is 10.1. The van der Waals surface area contributed by atoms with Gasteiger partial charge >= 0.3 is 0 Å². The molecule has 2 N–H and O–H groups in total. The highest BCUT2D eigenvalue weighted by Crippen LogP contribution is 2.31. The molecule has 1 amide bonds. The number of methoxy groups -OCH3 is 1. The van der Waals surface area contributed by atoms with E-state index in [-0.39, 0.29) is 0 Å². The van der Waals surface area contributed by atoms with Crippen LogP contribution in [0, 0.1) is 5.92 Å². The van der Waals surface area contributed by atoms with Crippen molar-refractivity contribution >= 4 is 28.7 Å². The molecule has 0 atom stereocenters. The van der Waals surface area contributed by atoms with E-state index in [0.29, 0.717) is 23.7 Å². The molecule has 184 valence electrons. The number of amides is 1. The number of benzene rings is 1. The molecule has 10 heteroatoms. The zero-order valence-electron chi connectivity index (χ0n) is 20.1. The summed E-state index contributed by atoms with van der Waals surface area (Å²) < 4.78 is 5.09. The van der Waals surface area contributed by atoms with Crippen molar-refractivity contribution in [3.8, 4) is 17.1 Å². The van der Waals surface area contributed by atoms with E-state index in [1.54, 1.807) is 13.2 Å². The summed E-state index contributed by atoms with van der Waals surface area (Å²) in [6.45, 7) is 4.25. The molecule has 0 unspecified atom stereocenters. The third kappa shape index (κ3) is 4.85. The van der Waals surface area contributed by atoms with Crippen molar-refractivity contribution in [2.45, 2.75) is 19.4 Å². The fraction of sp³-hybridized carbons (Fsp3) is 0.346. The lowest BCUT2D eigenvalue weighted by Crippen LogP contribution is -2.48. The van der Waals surface area contributed by atoms with Crippen LogP contribution in [0.1, 0.15) is 18.4 Å². The van der Waals surface area contributed by atoms with Gasteiger partial charge in [-0.05, 0) is 48.7 Å². The molecule has 0 bridgehead atoms. The predicted molar refractivity (Wildman–Crippen MR) is 136 cm³/mol. The summed E-state index contributed by atoms with van der Waals surface area (Å²) in [6, 6.07) is 13.7. The van der Waals surface area contributed by atoms with Gasteiger partial charge in [-0.1, -0.05) is 6.07 Å². The Bertz CT molecular complexity index is 1370. The third-order valence-corrected chi connectivity index (χ3v) is 6.71. The Labute approximate surface area is 208 Å². The number of carbonyl (C=O) groups excluding carboxylic acids is 1. The fourth-order valence-corrected chi connectivity index (χ4v) is 4.55. The Morgan fingerprint density at radius 2 is 1.94 bits per heavy atom. The molecule has 4 aromatic rings. The summed E-state index contributed by atoms with van der Waals surface area (Å²) >= 11 is 0. The first kappa shape index (κ1) is 22.4. The highest BCUT2D eigenvalue weighted by molar-refractivity contribution is 5.83. The number of rotatable bonds is 7. The van der Waals surface area contributed by atoms with E-state index < -0.39 is 0 Å². The van der Waals surface area contributed by atoms with E-state index in [9.17, 15) is 4.79 Å². The Morgan fingerprint density at radius 1 is 1.08 bits per heavy atom. The number of piperazine rings is 1. The van der Waals surface area contributed by atoms with Crippen LogP contribution in [0.15, 0.2) is 48.7 Å². The molecular formula is C26H28N8O2. The molecule has 1 saturated carbocycles. The second kappa shape index (κ2) is 9.54. The Balaban J connectivity index is 1.10. The number of hydrogen-bond donors (Lipinski definition) is 2. The number of nitrogens with one attached hydrogen (secondary N) is 2. The van der Waals surface area contributed by atoms with E-state index in [4.69, 9.17) is 4.74 Å². The van der Waals surface area contributed by atoms with E-state index >= 15 is 0 Å². The number of pyridine rings is 1. The minimum atomic E-state index is 0.298. The average molecular weight is 485 g/mol. The summed E-state index contributed by atoms with van der Waals surface area (Å²) in [5.74, 6) is 2.48. The van der Waals surface area contributed by atoms with Crippen molar-refractivity contribution in [2.24, 2.45) is 5.92 Å². The van der Waals surface area contributed by atoms with Crippen molar-refractivity contribution in [1.82, 2.24) is 34.9 Å². The minimum absolute atomic E-state index is 0.298. The molecule has 2 fully saturated rings. The van der Waals surface area contributed by atoms with Crippen LogP contribution in [-0.4, -0.2) is 74.1 Å². The topological polar surface area (TPSA) is 112 Å². The standard InChI is InChI=1S/C26H28N8O2/c1-36-24-7-6-20(31-32-24)19-4-5-21-22(15-19)29-26(28-21)30-23-14-17(8-9-27-23)16-33-10-12-34(13-11-33)25(35)18-2-3-18/h4-9,14-15,18H,2-3,10-13,16H2,1H3,(H2,27,28,29,30). The SMILES string of the molecule is COc1ccc(-c2ccc3nc(Nc4cc(CN5CCN(C(=O)C6CC6)CC5)ccn4)[nH]c3c2)nn1. The van der Waals surface area contributed by atoms with Gasteiger partial charge in [0.25, 0.3) is 0 Å². The predicted octanol–water partition coefficient (Wildman–Crippen LogP) is 3.22. The first-order valence-electron chi connectivity index (χ1n) is 12.3. The number of hydrogen-bond acceptors (Lipinski definition) is 8. The van der Waals surface area contributed by atoms with Gasteiger partial charge in [-0.25, -0.2) is 9.97 Å². The van der Waals surface area contributed by atoms with Gasteiger partial charge in [0.1, 0.15) is 5.82 Å². The zero-order valence-corrected chi connectivity index (χ0v) is 20.1. The first-order valence-corrected chi connectivity index (χ1v) is 12.3. The van der Waals surface area contributed by atoms with Gasteiger partial charge in [-0.15, -0.1) is 10.2 Å². The lowest BCUT2D eigenvalue weighted by Gasteiger charge is -2.34. The van der Waals surface area contributed by atoms with Crippen molar-refractivity contribution < 1.29 is 9.53 Å². The summed E-state index contributed by atoms with van der Waals surface area (Å²) in [6.07, 6.45) is 3.94. The maximum Gasteiger partial charge on any atom is 0.233 e. The molecule has 1 aliphatic heterocycles. The maximum absolute atomic E-state index is 12.3. The summed E-state index contributed by atoms with van der Waals surface area (Å²) in [4.78, 5) is 29.2. The van der Waals surface area contributed by atoms with Crippen LogP contribution in [0.25, 0.3) is 22.3 Å². The second-order valence-corrected chi connectivity index (χ2v) is 9.33. The molecule has 6 rings (SSSR count). The largest absolute Gasteiger partial charge is 0.480 e. The molecule has 0 radical (unpaired) electrons. The Morgan fingerprint density at radius 3 is 2.69 bits per heavy atom. The number of anilines is 2. The molecular weight excluding hydrogens is 456 g/mol. The van der Waals surface area contributed by atoms with Gasteiger partial charge in [0.15, 0.2) is 0 Å². The molecule has 2 aliphatic rings. The maximum atomic E-state index is 12.3. The zero-order chi connectivity index (χ0) is 24.5. The van der Waals surface area contributed by atoms with Crippen molar-refractivity contribution in [2.75, 3.05) is 38.6 Å². The summed E-state index contributed by atoms with van der Waals surface area (Å²) in [7, 11) is 1.57. The number of nitrogens with zero attached hydrogens (tertiary/aromatic N) is 6. The van der Waals surface area contributed by atoms with Gasteiger partial charge in [0.05, 0.1) is 23.8 Å². The number of aromatic nitrogens is 5. The molecule has 3 aromatic heterocycles. The van der Waals surface area contributed by atoms with Crippen molar-refractivity contribution in [3.05, 3.63) is 54.2 Å². The minimum Gasteiger partial charge on any atom is -0.480 e.